The zero-order valence-corrected chi connectivity index (χ0v) is 19.6. The molecule has 0 radical (unpaired) electrons. The van der Waals surface area contributed by atoms with Gasteiger partial charge in [0.15, 0.2) is 0 Å². The molecule has 0 bridgehead atoms. The van der Waals surface area contributed by atoms with Gasteiger partial charge in [-0.3, -0.25) is 9.59 Å². The highest BCUT2D eigenvalue weighted by Crippen LogP contribution is 2.35. The Hall–Kier alpha value is -3.34. The molecule has 5 nitrogen and oxygen atoms in total. The Kier molecular flexibility index (Phi) is 7.28. The fourth-order valence-corrected chi connectivity index (χ4v) is 4.60. The molecule has 2 amide bonds. The molecule has 0 spiro atoms. The number of carbonyl (C=O) groups excluding carboxylic acids is 2. The van der Waals surface area contributed by atoms with E-state index >= 15 is 0 Å². The molecule has 1 aliphatic rings. The van der Waals surface area contributed by atoms with Gasteiger partial charge in [-0.1, -0.05) is 75.4 Å². The summed E-state index contributed by atoms with van der Waals surface area (Å²) in [6.45, 7) is 5.23. The van der Waals surface area contributed by atoms with Gasteiger partial charge in [-0.05, 0) is 31.6 Å². The van der Waals surface area contributed by atoms with Gasteiger partial charge in [-0.2, -0.15) is 0 Å². The topological polar surface area (TPSA) is 63.1 Å². The molecule has 2 heterocycles. The number of hydrogen-bond donors (Lipinski definition) is 2. The largest absolute Gasteiger partial charge is 0.355 e. The summed E-state index contributed by atoms with van der Waals surface area (Å²) in [5, 5.41) is 7.06. The molecule has 4 rings (SSSR count). The zero-order chi connectivity index (χ0) is 23.2. The van der Waals surface area contributed by atoms with E-state index in [1.54, 1.807) is 0 Å². The highest BCUT2D eigenvalue weighted by atomic mass is 16.2. The summed E-state index contributed by atoms with van der Waals surface area (Å²) >= 11 is 0. The summed E-state index contributed by atoms with van der Waals surface area (Å²) in [5.41, 5.74) is 5.37. The quantitative estimate of drug-likeness (QED) is 0.302. The minimum Gasteiger partial charge on any atom is -0.355 e. The predicted molar refractivity (Wildman–Crippen MR) is 136 cm³/mol. The second-order valence-electron chi connectivity index (χ2n) is 8.78. The van der Waals surface area contributed by atoms with Gasteiger partial charge < -0.3 is 15.2 Å². The average Bonchev–Trinajstić information content (AvgIpc) is 3.27. The normalized spacial score (nSPS) is 14.0. The Balaban J connectivity index is 1.53. The smallest absolute Gasteiger partial charge is 0.256 e. The number of hydrogen-bond acceptors (Lipinski definition) is 2. The van der Waals surface area contributed by atoms with Crippen LogP contribution >= 0.6 is 0 Å². The number of unbranched alkanes of at least 4 members (excludes halogenated alkanes) is 5. The van der Waals surface area contributed by atoms with Gasteiger partial charge in [0.05, 0.1) is 0 Å². The van der Waals surface area contributed by atoms with Crippen LogP contribution in [0.2, 0.25) is 0 Å². The number of rotatable bonds is 10. The third-order valence-electron chi connectivity index (χ3n) is 6.43. The van der Waals surface area contributed by atoms with Crippen molar-refractivity contribution in [1.29, 1.82) is 0 Å². The molecule has 0 aliphatic carbocycles. The molecule has 0 saturated carbocycles. The van der Waals surface area contributed by atoms with E-state index < -0.39 is 0 Å². The molecular weight excluding hydrogens is 410 g/mol. The molecule has 1 aliphatic heterocycles. The maximum atomic E-state index is 12.7. The molecule has 5 heteroatoms. The van der Waals surface area contributed by atoms with Crippen molar-refractivity contribution in [2.45, 2.75) is 58.9 Å². The molecule has 0 fully saturated rings. The van der Waals surface area contributed by atoms with Crippen molar-refractivity contribution in [3.8, 4) is 0 Å². The van der Waals surface area contributed by atoms with Gasteiger partial charge in [-0.25, -0.2) is 0 Å². The fraction of sp³-hybridized carbons (Fsp3) is 0.357. The van der Waals surface area contributed by atoms with Crippen LogP contribution in [-0.4, -0.2) is 22.9 Å². The van der Waals surface area contributed by atoms with E-state index in [0.717, 1.165) is 52.8 Å². The standard InChI is InChI=1S/C28H33N3O2/c1-3-4-5-6-7-12-17-29-27(32)19-31-20(2)23(22-14-9-11-16-26(22)31)18-24-21-13-8-10-15-25(21)30-28(24)33/h8-11,13-16,18H,3-7,12,17,19H2,1-2H3,(H,29,32)(H,30,33)/b24-18+. The predicted octanol–water partition coefficient (Wildman–Crippen LogP) is 5.92. The lowest BCUT2D eigenvalue weighted by atomic mass is 10.0. The van der Waals surface area contributed by atoms with Crippen molar-refractivity contribution in [3.63, 3.8) is 0 Å². The summed E-state index contributed by atoms with van der Waals surface area (Å²) in [4.78, 5) is 25.3. The van der Waals surface area contributed by atoms with Crippen LogP contribution in [0.1, 0.15) is 62.3 Å². The Bertz CT molecular complexity index is 1190. The second kappa shape index (κ2) is 10.5. The van der Waals surface area contributed by atoms with Gasteiger partial charge in [0, 0.05) is 45.5 Å². The van der Waals surface area contributed by atoms with E-state index in [4.69, 9.17) is 0 Å². The SMILES string of the molecule is CCCCCCCCNC(=O)Cn1c(C)c(/C=C2/C(=O)Nc3ccccc32)c2ccccc21. The van der Waals surface area contributed by atoms with Gasteiger partial charge in [0.2, 0.25) is 5.91 Å². The number of nitrogens with zero attached hydrogens (tertiary/aromatic N) is 1. The average molecular weight is 444 g/mol. The molecule has 172 valence electrons. The van der Waals surface area contributed by atoms with Crippen molar-refractivity contribution in [3.05, 3.63) is 65.4 Å². The number of amides is 2. The maximum Gasteiger partial charge on any atom is 0.256 e. The van der Waals surface area contributed by atoms with Gasteiger partial charge >= 0.3 is 0 Å². The van der Waals surface area contributed by atoms with Crippen molar-refractivity contribution < 1.29 is 9.59 Å². The second-order valence-corrected chi connectivity index (χ2v) is 8.78. The summed E-state index contributed by atoms with van der Waals surface area (Å²) in [7, 11) is 0. The summed E-state index contributed by atoms with van der Waals surface area (Å²) in [6.07, 6.45) is 9.19. The molecule has 0 saturated heterocycles. The van der Waals surface area contributed by atoms with E-state index in [9.17, 15) is 9.59 Å². The first-order chi connectivity index (χ1) is 16.1. The molecule has 3 aromatic rings. The zero-order valence-electron chi connectivity index (χ0n) is 19.6. The van der Waals surface area contributed by atoms with Gasteiger partial charge in [-0.15, -0.1) is 0 Å². The number of aromatic nitrogens is 1. The number of para-hydroxylation sites is 2. The molecular formula is C28H33N3O2. The molecule has 1 aromatic heterocycles. The molecule has 2 N–H and O–H groups in total. The first-order valence-electron chi connectivity index (χ1n) is 12.1. The maximum absolute atomic E-state index is 12.7. The molecule has 2 aromatic carbocycles. The lowest BCUT2D eigenvalue weighted by molar-refractivity contribution is -0.121. The monoisotopic (exact) mass is 443 g/mol. The lowest BCUT2D eigenvalue weighted by Gasteiger charge is -2.10. The fourth-order valence-electron chi connectivity index (χ4n) is 4.60. The van der Waals surface area contributed by atoms with Crippen LogP contribution < -0.4 is 10.6 Å². The van der Waals surface area contributed by atoms with E-state index in [1.165, 1.54) is 25.7 Å². The van der Waals surface area contributed by atoms with Crippen LogP contribution in [0.4, 0.5) is 5.69 Å². The lowest BCUT2D eigenvalue weighted by Crippen LogP contribution is -2.28. The Morgan fingerprint density at radius 2 is 1.73 bits per heavy atom. The minimum absolute atomic E-state index is 0.0237. The number of anilines is 1. The summed E-state index contributed by atoms with van der Waals surface area (Å²) in [5.74, 6) is -0.0697. The molecule has 0 atom stereocenters. The summed E-state index contributed by atoms with van der Waals surface area (Å²) in [6, 6.07) is 15.8. The van der Waals surface area contributed by atoms with Crippen LogP contribution in [0.5, 0.6) is 0 Å². The number of nitrogens with one attached hydrogen (secondary N) is 2. The van der Waals surface area contributed by atoms with Crippen LogP contribution in [0.15, 0.2) is 48.5 Å². The number of fused-ring (bicyclic) bond motifs is 2. The van der Waals surface area contributed by atoms with Crippen molar-refractivity contribution in [1.82, 2.24) is 9.88 Å². The third-order valence-corrected chi connectivity index (χ3v) is 6.43. The van der Waals surface area contributed by atoms with Crippen molar-refractivity contribution in [2.24, 2.45) is 0 Å². The Morgan fingerprint density at radius 3 is 2.58 bits per heavy atom. The highest BCUT2D eigenvalue weighted by Gasteiger charge is 2.25. The van der Waals surface area contributed by atoms with Crippen molar-refractivity contribution >= 4 is 40.1 Å². The van der Waals surface area contributed by atoms with Crippen LogP contribution in [0, 0.1) is 6.92 Å². The van der Waals surface area contributed by atoms with Gasteiger partial charge in [0.1, 0.15) is 6.54 Å². The third kappa shape index (κ3) is 5.03. The highest BCUT2D eigenvalue weighted by molar-refractivity contribution is 6.35. The summed E-state index contributed by atoms with van der Waals surface area (Å²) < 4.78 is 2.05. The molecule has 33 heavy (non-hydrogen) atoms. The van der Waals surface area contributed by atoms with E-state index in [2.05, 4.69) is 28.2 Å². The first kappa shape index (κ1) is 22.8. The van der Waals surface area contributed by atoms with Gasteiger partial charge in [0.25, 0.3) is 5.91 Å². The van der Waals surface area contributed by atoms with E-state index in [1.807, 2.05) is 55.5 Å². The Labute approximate surface area is 195 Å². The van der Waals surface area contributed by atoms with E-state index in [-0.39, 0.29) is 18.4 Å². The first-order valence-corrected chi connectivity index (χ1v) is 12.1. The Morgan fingerprint density at radius 1 is 1.00 bits per heavy atom. The van der Waals surface area contributed by atoms with Crippen LogP contribution in [-0.2, 0) is 16.1 Å². The van der Waals surface area contributed by atoms with Crippen LogP contribution in [0.3, 0.4) is 0 Å². The van der Waals surface area contributed by atoms with Crippen LogP contribution in [0.25, 0.3) is 22.6 Å². The molecule has 0 unspecified atom stereocenters. The minimum atomic E-state index is -0.0934. The number of benzene rings is 2. The van der Waals surface area contributed by atoms with Crippen molar-refractivity contribution in [2.75, 3.05) is 11.9 Å². The number of carbonyl (C=O) groups is 2. The van der Waals surface area contributed by atoms with E-state index in [0.29, 0.717) is 5.57 Å².